The summed E-state index contributed by atoms with van der Waals surface area (Å²) in [6.45, 7) is 2.60. The average Bonchev–Trinajstić information content (AvgIpc) is 3.27. The molecule has 6 nitrogen and oxygen atoms in total. The van der Waals surface area contributed by atoms with Gasteiger partial charge in [0.2, 0.25) is 0 Å². The Labute approximate surface area is 194 Å². The van der Waals surface area contributed by atoms with Gasteiger partial charge in [-0.25, -0.2) is 22.8 Å². The number of rotatable bonds is 7. The van der Waals surface area contributed by atoms with E-state index >= 15 is 0 Å². The lowest BCUT2D eigenvalue weighted by Crippen LogP contribution is -2.47. The number of benzene rings is 2. The van der Waals surface area contributed by atoms with E-state index in [2.05, 4.69) is 10.1 Å². The van der Waals surface area contributed by atoms with Crippen molar-refractivity contribution >= 4 is 17.3 Å². The summed E-state index contributed by atoms with van der Waals surface area (Å²) in [5.74, 6) is -2.00. The fourth-order valence-electron chi connectivity index (χ4n) is 4.21. The molecule has 0 aliphatic carbocycles. The van der Waals surface area contributed by atoms with Crippen LogP contribution >= 0.6 is 11.6 Å². The van der Waals surface area contributed by atoms with E-state index in [1.165, 1.54) is 29.5 Å². The number of aliphatic hydroxyl groups is 1. The summed E-state index contributed by atoms with van der Waals surface area (Å²) in [5, 5.41) is 15.9. The van der Waals surface area contributed by atoms with Crippen LogP contribution in [0.25, 0.3) is 0 Å². The number of aromatic nitrogens is 3. The van der Waals surface area contributed by atoms with Gasteiger partial charge in [0.15, 0.2) is 0 Å². The van der Waals surface area contributed by atoms with Gasteiger partial charge in [0.25, 0.3) is 0 Å². The Morgan fingerprint density at radius 3 is 2.55 bits per heavy atom. The van der Waals surface area contributed by atoms with Gasteiger partial charge in [0, 0.05) is 29.7 Å². The first-order valence-corrected chi connectivity index (χ1v) is 11.0. The van der Waals surface area contributed by atoms with Gasteiger partial charge < -0.3 is 14.7 Å². The molecule has 0 spiro atoms. The van der Waals surface area contributed by atoms with E-state index in [0.717, 1.165) is 12.1 Å². The minimum Gasteiger partial charge on any atom is -0.380 e. The fraction of sp³-hybridized carbons (Fsp3) is 0.391. The van der Waals surface area contributed by atoms with Gasteiger partial charge in [0.05, 0.1) is 24.4 Å². The standard InChI is InChI=1S/C23H24ClF3N4O2/c1-15(33-18-6-8-30(9-7-18)22-5-2-16(24)10-21(22)27)23(32,12-31-14-28-13-29-31)19-4-3-17(25)11-20(19)26/h2-5,10-11,13-15,18,32H,6-9,12H2,1H3/t15-,23+/m1/s1. The molecule has 2 aromatic carbocycles. The molecule has 10 heteroatoms. The summed E-state index contributed by atoms with van der Waals surface area (Å²) in [6, 6.07) is 7.61. The zero-order valence-corrected chi connectivity index (χ0v) is 18.7. The Morgan fingerprint density at radius 1 is 1.15 bits per heavy atom. The molecule has 33 heavy (non-hydrogen) atoms. The van der Waals surface area contributed by atoms with Gasteiger partial charge in [-0.05, 0) is 44.0 Å². The van der Waals surface area contributed by atoms with E-state index in [9.17, 15) is 18.3 Å². The van der Waals surface area contributed by atoms with Gasteiger partial charge in [-0.15, -0.1) is 0 Å². The van der Waals surface area contributed by atoms with E-state index < -0.39 is 23.3 Å². The quantitative estimate of drug-likeness (QED) is 0.546. The van der Waals surface area contributed by atoms with E-state index in [-0.39, 0.29) is 24.0 Å². The van der Waals surface area contributed by atoms with Crippen molar-refractivity contribution in [1.29, 1.82) is 0 Å². The molecule has 1 aliphatic rings. The number of halogens is 4. The Morgan fingerprint density at radius 2 is 1.91 bits per heavy atom. The topological polar surface area (TPSA) is 63.4 Å². The van der Waals surface area contributed by atoms with Crippen LogP contribution in [0.4, 0.5) is 18.9 Å². The van der Waals surface area contributed by atoms with Crippen LogP contribution < -0.4 is 4.90 Å². The first-order chi connectivity index (χ1) is 15.8. The second-order valence-electron chi connectivity index (χ2n) is 8.20. The third-order valence-corrected chi connectivity index (χ3v) is 6.26. The molecule has 2 atom stereocenters. The molecular weight excluding hydrogens is 457 g/mol. The second-order valence-corrected chi connectivity index (χ2v) is 8.64. The lowest BCUT2D eigenvalue weighted by Gasteiger charge is -2.39. The summed E-state index contributed by atoms with van der Waals surface area (Å²) >= 11 is 5.84. The van der Waals surface area contributed by atoms with Crippen LogP contribution in [0.3, 0.4) is 0 Å². The van der Waals surface area contributed by atoms with Gasteiger partial charge in [-0.1, -0.05) is 17.7 Å². The van der Waals surface area contributed by atoms with Crippen LogP contribution in [0.1, 0.15) is 25.3 Å². The van der Waals surface area contributed by atoms with Crippen molar-refractivity contribution in [1.82, 2.24) is 14.8 Å². The molecular formula is C23H24ClF3N4O2. The molecule has 0 bridgehead atoms. The van der Waals surface area contributed by atoms with Crippen LogP contribution in [-0.4, -0.2) is 45.2 Å². The first kappa shape index (κ1) is 23.5. The number of piperidine rings is 1. The molecule has 0 saturated carbocycles. The monoisotopic (exact) mass is 480 g/mol. The van der Waals surface area contributed by atoms with Crippen LogP contribution in [0.2, 0.25) is 5.02 Å². The maximum atomic E-state index is 14.7. The number of nitrogens with zero attached hydrogens (tertiary/aromatic N) is 4. The van der Waals surface area contributed by atoms with Crippen LogP contribution in [0.5, 0.6) is 0 Å². The van der Waals surface area contributed by atoms with Gasteiger partial charge in [-0.3, -0.25) is 0 Å². The fourth-order valence-corrected chi connectivity index (χ4v) is 4.37. The third-order valence-electron chi connectivity index (χ3n) is 6.03. The minimum absolute atomic E-state index is 0.0902. The summed E-state index contributed by atoms with van der Waals surface area (Å²) in [7, 11) is 0. The normalized spacial score (nSPS) is 17.7. The Kier molecular flexibility index (Phi) is 6.92. The van der Waals surface area contributed by atoms with Crippen LogP contribution in [-0.2, 0) is 16.9 Å². The predicted octanol–water partition coefficient (Wildman–Crippen LogP) is 4.31. The Balaban J connectivity index is 1.49. The van der Waals surface area contributed by atoms with Crippen molar-refractivity contribution in [2.45, 2.75) is 44.1 Å². The highest BCUT2D eigenvalue weighted by atomic mass is 35.5. The Bertz CT molecular complexity index is 1090. The molecule has 1 fully saturated rings. The number of anilines is 1. The van der Waals surface area contributed by atoms with Crippen LogP contribution in [0.15, 0.2) is 49.1 Å². The second kappa shape index (κ2) is 9.70. The van der Waals surface area contributed by atoms with E-state index in [4.69, 9.17) is 16.3 Å². The average molecular weight is 481 g/mol. The van der Waals surface area contributed by atoms with E-state index in [1.54, 1.807) is 19.1 Å². The van der Waals surface area contributed by atoms with Crippen LogP contribution in [0, 0.1) is 17.5 Å². The molecule has 1 aromatic heterocycles. The molecule has 4 rings (SSSR count). The molecule has 0 amide bonds. The molecule has 0 radical (unpaired) electrons. The maximum Gasteiger partial charge on any atom is 0.147 e. The summed E-state index contributed by atoms with van der Waals surface area (Å²) in [6.07, 6.45) is 2.77. The first-order valence-electron chi connectivity index (χ1n) is 10.6. The molecule has 176 valence electrons. The molecule has 1 N–H and O–H groups in total. The summed E-state index contributed by atoms with van der Waals surface area (Å²) in [4.78, 5) is 5.78. The predicted molar refractivity (Wildman–Crippen MR) is 117 cm³/mol. The highest BCUT2D eigenvalue weighted by molar-refractivity contribution is 6.30. The summed E-state index contributed by atoms with van der Waals surface area (Å²) < 4.78 is 50.0. The van der Waals surface area contributed by atoms with Crippen molar-refractivity contribution in [2.24, 2.45) is 0 Å². The van der Waals surface area contributed by atoms with E-state index in [0.29, 0.717) is 36.6 Å². The molecule has 2 heterocycles. The van der Waals surface area contributed by atoms with Crippen molar-refractivity contribution in [2.75, 3.05) is 18.0 Å². The lowest BCUT2D eigenvalue weighted by atomic mass is 9.87. The third kappa shape index (κ3) is 5.15. The zero-order chi connectivity index (χ0) is 23.6. The molecule has 3 aromatic rings. The Hall–Kier alpha value is -2.62. The molecule has 0 unspecified atom stereocenters. The number of ether oxygens (including phenoxy) is 1. The summed E-state index contributed by atoms with van der Waals surface area (Å²) in [5.41, 5.74) is -1.44. The SMILES string of the molecule is C[C@@H](OC1CCN(c2ccc(Cl)cc2F)CC1)[C@@](O)(Cn1cncn1)c1ccc(F)cc1F. The van der Waals surface area contributed by atoms with Crippen molar-refractivity contribution in [3.8, 4) is 0 Å². The largest absolute Gasteiger partial charge is 0.380 e. The zero-order valence-electron chi connectivity index (χ0n) is 18.0. The van der Waals surface area contributed by atoms with Gasteiger partial charge in [-0.2, -0.15) is 5.10 Å². The lowest BCUT2D eigenvalue weighted by molar-refractivity contribution is -0.145. The van der Waals surface area contributed by atoms with Crippen molar-refractivity contribution < 1.29 is 23.0 Å². The minimum atomic E-state index is -1.83. The highest BCUT2D eigenvalue weighted by Gasteiger charge is 2.41. The smallest absolute Gasteiger partial charge is 0.147 e. The van der Waals surface area contributed by atoms with Gasteiger partial charge >= 0.3 is 0 Å². The van der Waals surface area contributed by atoms with Crippen molar-refractivity contribution in [3.63, 3.8) is 0 Å². The highest BCUT2D eigenvalue weighted by Crippen LogP contribution is 2.34. The molecule has 1 saturated heterocycles. The number of hydrogen-bond acceptors (Lipinski definition) is 5. The molecule has 1 aliphatic heterocycles. The van der Waals surface area contributed by atoms with E-state index in [1.807, 2.05) is 4.90 Å². The van der Waals surface area contributed by atoms with Gasteiger partial charge in [0.1, 0.15) is 35.7 Å². The number of hydrogen-bond donors (Lipinski definition) is 1. The van der Waals surface area contributed by atoms with Crippen molar-refractivity contribution in [3.05, 3.63) is 77.1 Å². The maximum absolute atomic E-state index is 14.7.